The highest BCUT2D eigenvalue weighted by Crippen LogP contribution is 2.41. The summed E-state index contributed by atoms with van der Waals surface area (Å²) in [7, 11) is 0. The first-order valence-electron chi connectivity index (χ1n) is 10.5. The molecule has 1 saturated heterocycles. The highest BCUT2D eigenvalue weighted by molar-refractivity contribution is 8.00. The Hall–Kier alpha value is -1.69. The first-order chi connectivity index (χ1) is 13.5. The van der Waals surface area contributed by atoms with Gasteiger partial charge in [0.25, 0.3) is 0 Å². The highest BCUT2D eigenvalue weighted by atomic mass is 32.2. The number of thioether (sulfide) groups is 1. The van der Waals surface area contributed by atoms with Crippen LogP contribution in [-0.2, 0) is 9.53 Å². The number of nitrogens with zero attached hydrogens (tertiary/aromatic N) is 1. The van der Waals surface area contributed by atoms with Gasteiger partial charge in [0.2, 0.25) is 0 Å². The number of hydrogen-bond acceptors (Lipinski definition) is 4. The molecule has 2 aliphatic rings. The summed E-state index contributed by atoms with van der Waals surface area (Å²) in [6.45, 7) is 6.47. The van der Waals surface area contributed by atoms with E-state index in [1.54, 1.807) is 16.7 Å². The number of ether oxygens (including phenoxy) is 1. The van der Waals surface area contributed by atoms with E-state index in [9.17, 15) is 9.59 Å². The smallest absolute Gasteiger partial charge is 0.329 e. The predicted molar refractivity (Wildman–Crippen MR) is 115 cm³/mol. The number of amides is 2. The molecule has 1 aromatic rings. The highest BCUT2D eigenvalue weighted by Gasteiger charge is 2.45. The number of carbonyl (C=O) groups excluding carboxylic acids is 2. The van der Waals surface area contributed by atoms with E-state index in [0.717, 1.165) is 30.5 Å². The molecule has 6 heteroatoms. The molecular formula is C22H32N2O3S. The zero-order valence-electron chi connectivity index (χ0n) is 17.2. The van der Waals surface area contributed by atoms with E-state index < -0.39 is 6.04 Å². The van der Waals surface area contributed by atoms with Gasteiger partial charge in [0.1, 0.15) is 6.04 Å². The van der Waals surface area contributed by atoms with Crippen LogP contribution in [0, 0.1) is 19.8 Å². The number of aryl methyl sites for hydroxylation is 2. The van der Waals surface area contributed by atoms with Gasteiger partial charge in [-0.1, -0.05) is 32.3 Å². The monoisotopic (exact) mass is 404 g/mol. The lowest BCUT2D eigenvalue weighted by molar-refractivity contribution is -0.148. The van der Waals surface area contributed by atoms with E-state index in [0.29, 0.717) is 18.3 Å². The summed E-state index contributed by atoms with van der Waals surface area (Å²) in [6, 6.07) is 5.21. The van der Waals surface area contributed by atoms with Crippen LogP contribution in [0.5, 0.6) is 0 Å². The fourth-order valence-electron chi connectivity index (χ4n) is 4.05. The maximum Gasteiger partial charge on any atom is 0.329 e. The summed E-state index contributed by atoms with van der Waals surface area (Å²) in [4.78, 5) is 27.7. The van der Waals surface area contributed by atoms with Crippen molar-refractivity contribution in [3.8, 4) is 0 Å². The van der Waals surface area contributed by atoms with Gasteiger partial charge in [-0.15, -0.1) is 11.8 Å². The van der Waals surface area contributed by atoms with Gasteiger partial charge in [-0.3, -0.25) is 4.90 Å². The first kappa shape index (κ1) is 21.0. The molecule has 0 radical (unpaired) electrons. The van der Waals surface area contributed by atoms with Crippen molar-refractivity contribution in [3.63, 3.8) is 0 Å². The lowest BCUT2D eigenvalue weighted by atomic mass is 9.88. The average molecular weight is 405 g/mol. The topological polar surface area (TPSA) is 58.6 Å². The second-order valence-corrected chi connectivity index (χ2v) is 9.09. The first-order valence-corrected chi connectivity index (χ1v) is 11.5. The van der Waals surface area contributed by atoms with Crippen LogP contribution in [0.15, 0.2) is 18.2 Å². The molecule has 3 rings (SSSR count). The largest absolute Gasteiger partial charge is 0.464 e. The Morgan fingerprint density at radius 3 is 2.61 bits per heavy atom. The van der Waals surface area contributed by atoms with Crippen LogP contribution in [0.3, 0.4) is 0 Å². The van der Waals surface area contributed by atoms with Crippen LogP contribution in [0.2, 0.25) is 0 Å². The molecule has 1 saturated carbocycles. The Bertz CT molecular complexity index is 703. The van der Waals surface area contributed by atoms with Crippen LogP contribution < -0.4 is 5.32 Å². The van der Waals surface area contributed by atoms with Gasteiger partial charge in [-0.2, -0.15) is 0 Å². The molecular weight excluding hydrogens is 372 g/mol. The molecule has 0 aromatic heterocycles. The number of benzene rings is 1. The number of urea groups is 1. The van der Waals surface area contributed by atoms with E-state index in [-0.39, 0.29) is 17.4 Å². The number of rotatable bonds is 5. The Morgan fingerprint density at radius 1 is 1.18 bits per heavy atom. The lowest BCUT2D eigenvalue weighted by Crippen LogP contribution is -2.50. The van der Waals surface area contributed by atoms with Crippen LogP contribution in [-0.4, -0.2) is 40.7 Å². The van der Waals surface area contributed by atoms with E-state index >= 15 is 0 Å². The van der Waals surface area contributed by atoms with Crippen molar-refractivity contribution < 1.29 is 14.3 Å². The Morgan fingerprint density at radius 2 is 1.93 bits per heavy atom. The molecule has 1 N–H and O–H groups in total. The second kappa shape index (κ2) is 9.68. The lowest BCUT2D eigenvalue weighted by Gasteiger charge is -2.35. The van der Waals surface area contributed by atoms with Gasteiger partial charge >= 0.3 is 12.0 Å². The van der Waals surface area contributed by atoms with Gasteiger partial charge in [-0.25, -0.2) is 9.59 Å². The van der Waals surface area contributed by atoms with Gasteiger partial charge in [-0.05, 0) is 62.3 Å². The second-order valence-electron chi connectivity index (χ2n) is 7.94. The van der Waals surface area contributed by atoms with Crippen molar-refractivity contribution in [1.29, 1.82) is 0 Å². The van der Waals surface area contributed by atoms with Crippen molar-refractivity contribution >= 4 is 29.4 Å². The molecule has 0 spiro atoms. The average Bonchev–Trinajstić information content (AvgIpc) is 3.15. The number of esters is 1. The molecule has 28 heavy (non-hydrogen) atoms. The summed E-state index contributed by atoms with van der Waals surface area (Å²) in [6.07, 6.45) is 6.72. The van der Waals surface area contributed by atoms with Gasteiger partial charge in [0.15, 0.2) is 0 Å². The van der Waals surface area contributed by atoms with Crippen molar-refractivity contribution in [2.75, 3.05) is 17.7 Å². The molecule has 1 aliphatic carbocycles. The summed E-state index contributed by atoms with van der Waals surface area (Å²) >= 11 is 1.74. The number of anilines is 1. The zero-order valence-corrected chi connectivity index (χ0v) is 18.0. The Balaban J connectivity index is 1.78. The quantitative estimate of drug-likeness (QED) is 0.693. The zero-order chi connectivity index (χ0) is 20.1. The minimum Gasteiger partial charge on any atom is -0.464 e. The maximum atomic E-state index is 13.2. The molecule has 2 amide bonds. The van der Waals surface area contributed by atoms with Crippen molar-refractivity contribution in [3.05, 3.63) is 29.3 Å². The third kappa shape index (κ3) is 4.83. The van der Waals surface area contributed by atoms with Crippen molar-refractivity contribution in [2.45, 2.75) is 70.7 Å². The fourth-order valence-corrected chi connectivity index (χ4v) is 5.68. The molecule has 154 valence electrons. The Labute approximate surface area is 172 Å². The summed E-state index contributed by atoms with van der Waals surface area (Å²) in [5.41, 5.74) is 3.10. The molecule has 2 fully saturated rings. The van der Waals surface area contributed by atoms with Crippen LogP contribution in [0.25, 0.3) is 0 Å². The van der Waals surface area contributed by atoms with Crippen molar-refractivity contribution in [2.24, 2.45) is 5.92 Å². The predicted octanol–water partition coefficient (Wildman–Crippen LogP) is 5.11. The van der Waals surface area contributed by atoms with Gasteiger partial charge in [0, 0.05) is 11.4 Å². The van der Waals surface area contributed by atoms with Gasteiger partial charge in [0.05, 0.1) is 12.0 Å². The fraction of sp³-hybridized carbons (Fsp3) is 0.636. The molecule has 1 heterocycles. The SMILES string of the molecule is CCCOC(=O)C1CSC(C2CCCCC2)N1C(=O)Nc1ccc(C)c(C)c1. The molecule has 1 aliphatic heterocycles. The molecule has 2 unspecified atom stereocenters. The Kier molecular flexibility index (Phi) is 7.27. The van der Waals surface area contributed by atoms with E-state index in [1.165, 1.54) is 24.8 Å². The molecule has 1 aromatic carbocycles. The number of hydrogen-bond donors (Lipinski definition) is 1. The van der Waals surface area contributed by atoms with E-state index in [1.807, 2.05) is 32.0 Å². The summed E-state index contributed by atoms with van der Waals surface area (Å²) < 4.78 is 5.40. The van der Waals surface area contributed by atoms with Crippen molar-refractivity contribution in [1.82, 2.24) is 4.90 Å². The van der Waals surface area contributed by atoms with Crippen LogP contribution in [0.4, 0.5) is 10.5 Å². The summed E-state index contributed by atoms with van der Waals surface area (Å²) in [5.74, 6) is 0.792. The number of nitrogens with one attached hydrogen (secondary N) is 1. The van der Waals surface area contributed by atoms with Crippen LogP contribution >= 0.6 is 11.8 Å². The number of carbonyl (C=O) groups is 2. The summed E-state index contributed by atoms with van der Waals surface area (Å²) in [5, 5.41) is 3.08. The standard InChI is InChI=1S/C22H32N2O3S/c1-4-12-27-21(25)19-14-28-20(17-8-6-5-7-9-17)24(19)22(26)23-18-11-10-15(2)16(3)13-18/h10-11,13,17,19-20H,4-9,12,14H2,1-3H3,(H,23,26). The molecule has 0 bridgehead atoms. The van der Waals surface area contributed by atoms with Crippen LogP contribution in [0.1, 0.15) is 56.6 Å². The third-order valence-corrected chi connectivity index (χ3v) is 7.26. The van der Waals surface area contributed by atoms with E-state index in [4.69, 9.17) is 4.74 Å². The minimum atomic E-state index is -0.505. The van der Waals surface area contributed by atoms with E-state index in [2.05, 4.69) is 12.2 Å². The molecule has 2 atom stereocenters. The normalized spacial score (nSPS) is 22.9. The molecule has 5 nitrogen and oxygen atoms in total. The maximum absolute atomic E-state index is 13.2. The van der Waals surface area contributed by atoms with Gasteiger partial charge < -0.3 is 10.1 Å². The minimum absolute atomic E-state index is 0.0472. The third-order valence-electron chi connectivity index (χ3n) is 5.80.